The molecule has 0 saturated carbocycles. The molecule has 3 aromatic carbocycles. The average Bonchev–Trinajstić information content (AvgIpc) is 3.75. The molecule has 0 aliphatic carbocycles. The molecule has 2 amide bonds. The first-order valence-electron chi connectivity index (χ1n) is 14.8. The molecule has 0 radical (unpaired) electrons. The summed E-state index contributed by atoms with van der Waals surface area (Å²) in [6, 6.07) is 23.1. The van der Waals surface area contributed by atoms with Crippen molar-refractivity contribution in [3.63, 3.8) is 0 Å². The lowest BCUT2D eigenvalue weighted by atomic mass is 9.98. The molecule has 6 rings (SSSR count). The summed E-state index contributed by atoms with van der Waals surface area (Å²) >= 11 is 0. The van der Waals surface area contributed by atoms with Crippen LogP contribution in [0.5, 0.6) is 0 Å². The van der Waals surface area contributed by atoms with E-state index in [1.165, 1.54) is 12.1 Å². The van der Waals surface area contributed by atoms with E-state index in [0.29, 0.717) is 30.9 Å². The Bertz CT molecular complexity index is 1770. The van der Waals surface area contributed by atoms with Crippen LogP contribution in [0.25, 0.3) is 22.5 Å². The van der Waals surface area contributed by atoms with Gasteiger partial charge in [-0.1, -0.05) is 48.5 Å². The van der Waals surface area contributed by atoms with Crippen molar-refractivity contribution in [1.82, 2.24) is 31.3 Å². The van der Waals surface area contributed by atoms with Gasteiger partial charge in [0.15, 0.2) is 0 Å². The van der Waals surface area contributed by atoms with Gasteiger partial charge in [0, 0.05) is 23.2 Å². The highest BCUT2D eigenvalue weighted by atomic mass is 19.1. The van der Waals surface area contributed by atoms with Gasteiger partial charge in [0.2, 0.25) is 17.6 Å². The predicted molar refractivity (Wildman–Crippen MR) is 167 cm³/mol. The fourth-order valence-corrected chi connectivity index (χ4v) is 5.67. The Morgan fingerprint density at radius 3 is 2.60 bits per heavy atom. The van der Waals surface area contributed by atoms with Gasteiger partial charge in [0.05, 0.1) is 19.4 Å². The van der Waals surface area contributed by atoms with Crippen molar-refractivity contribution in [1.29, 1.82) is 0 Å². The van der Waals surface area contributed by atoms with Gasteiger partial charge in [-0.15, -0.1) is 10.2 Å². The zero-order valence-corrected chi connectivity index (χ0v) is 25.1. The maximum atomic E-state index is 14.3. The number of nitrogens with one attached hydrogen (secondary N) is 3. The van der Waals surface area contributed by atoms with Crippen molar-refractivity contribution in [2.45, 2.75) is 57.8 Å². The number of benzene rings is 3. The van der Waals surface area contributed by atoms with E-state index in [2.05, 4.69) is 31.3 Å². The molecule has 230 valence electrons. The van der Waals surface area contributed by atoms with Gasteiger partial charge in [0.1, 0.15) is 17.6 Å². The molecule has 45 heavy (non-hydrogen) atoms. The van der Waals surface area contributed by atoms with Crippen molar-refractivity contribution in [2.75, 3.05) is 4.90 Å². The van der Waals surface area contributed by atoms with Crippen molar-refractivity contribution >= 4 is 17.5 Å². The first-order valence-corrected chi connectivity index (χ1v) is 14.8. The van der Waals surface area contributed by atoms with Crippen LogP contribution in [-0.2, 0) is 29.1 Å². The van der Waals surface area contributed by atoms with E-state index < -0.39 is 11.6 Å². The molecular formula is C34H34FN7O3. The molecule has 0 spiro atoms. The number of carbonyl (C=O) groups excluding carboxylic acids is 2. The number of amides is 2. The van der Waals surface area contributed by atoms with E-state index in [4.69, 9.17) is 4.42 Å². The van der Waals surface area contributed by atoms with Crippen molar-refractivity contribution < 1.29 is 18.4 Å². The Kier molecular flexibility index (Phi) is 8.52. The van der Waals surface area contributed by atoms with Crippen LogP contribution in [0, 0.1) is 5.82 Å². The Labute approximate surface area is 260 Å². The number of hydrogen-bond acceptors (Lipinski definition) is 7. The number of carbonyl (C=O) groups is 2. The molecule has 3 N–H and O–H groups in total. The van der Waals surface area contributed by atoms with E-state index in [1.54, 1.807) is 17.2 Å². The highest BCUT2D eigenvalue weighted by Crippen LogP contribution is 2.32. The zero-order chi connectivity index (χ0) is 31.4. The van der Waals surface area contributed by atoms with Gasteiger partial charge in [-0.3, -0.25) is 9.59 Å². The third kappa shape index (κ3) is 6.99. The number of aromatic nitrogens is 4. The molecule has 2 aromatic heterocycles. The number of anilines is 1. The molecule has 0 bridgehead atoms. The number of rotatable bonds is 10. The zero-order valence-electron chi connectivity index (χ0n) is 25.1. The number of furan rings is 1. The molecule has 1 aliphatic rings. The van der Waals surface area contributed by atoms with Crippen molar-refractivity contribution in [3.8, 4) is 22.5 Å². The quantitative estimate of drug-likeness (QED) is 0.199. The molecule has 11 heteroatoms. The lowest BCUT2D eigenvalue weighted by molar-refractivity contribution is -0.128. The van der Waals surface area contributed by atoms with Gasteiger partial charge >= 0.3 is 0 Å². The standard InChI is InChI=1S/C34H34FN7O3/c1-34(2,36-20-26-6-5-17-45-26)19-31(43)37-29-15-13-24-18-25(35)14-16-30(24)42(33(29)44)21-22-9-11-23(12-10-22)27-7-3-4-8-28(27)32-38-40-41-39-32/h3-12,14,16-18,29,36H,13,15,19-21H2,1-2H3,(H,37,43)(H,38,39,40,41)/t29-/m1/s1. The maximum absolute atomic E-state index is 14.3. The highest BCUT2D eigenvalue weighted by Gasteiger charge is 2.33. The van der Waals surface area contributed by atoms with Crippen LogP contribution in [0.3, 0.4) is 0 Å². The Balaban J connectivity index is 1.19. The number of tetrazole rings is 1. The number of aryl methyl sites for hydroxylation is 1. The van der Waals surface area contributed by atoms with Gasteiger partial charge < -0.3 is 20.0 Å². The largest absolute Gasteiger partial charge is 0.468 e. The Morgan fingerprint density at radius 2 is 1.87 bits per heavy atom. The summed E-state index contributed by atoms with van der Waals surface area (Å²) in [6.45, 7) is 4.60. The minimum absolute atomic E-state index is 0.159. The van der Waals surface area contributed by atoms with Crippen molar-refractivity contribution in [2.24, 2.45) is 0 Å². The van der Waals surface area contributed by atoms with Crippen LogP contribution in [0.15, 0.2) is 89.5 Å². The molecule has 1 atom stereocenters. The van der Waals surface area contributed by atoms with Gasteiger partial charge in [0.25, 0.3) is 0 Å². The fraction of sp³-hybridized carbons (Fsp3) is 0.265. The first-order chi connectivity index (χ1) is 21.8. The third-order valence-electron chi connectivity index (χ3n) is 7.98. The molecule has 1 aliphatic heterocycles. The summed E-state index contributed by atoms with van der Waals surface area (Å²) in [7, 11) is 0. The third-order valence-corrected chi connectivity index (χ3v) is 7.98. The molecule has 10 nitrogen and oxygen atoms in total. The number of H-pyrrole nitrogens is 1. The van der Waals surface area contributed by atoms with Crippen LogP contribution in [0.1, 0.15) is 43.6 Å². The van der Waals surface area contributed by atoms with Gasteiger partial charge in [-0.2, -0.15) is 5.21 Å². The Hall–Kier alpha value is -5.16. The summed E-state index contributed by atoms with van der Waals surface area (Å²) < 4.78 is 19.7. The first kappa shape index (κ1) is 29.9. The molecule has 0 saturated heterocycles. The van der Waals surface area contributed by atoms with Crippen LogP contribution in [0.4, 0.5) is 10.1 Å². The van der Waals surface area contributed by atoms with Crippen LogP contribution < -0.4 is 15.5 Å². The van der Waals surface area contributed by atoms with E-state index in [0.717, 1.165) is 33.6 Å². The van der Waals surface area contributed by atoms with Crippen LogP contribution in [0.2, 0.25) is 0 Å². The maximum Gasteiger partial charge on any atom is 0.249 e. The number of hydrogen-bond donors (Lipinski definition) is 3. The predicted octanol–water partition coefficient (Wildman–Crippen LogP) is 5.19. The van der Waals surface area contributed by atoms with Crippen LogP contribution in [-0.4, -0.2) is 44.0 Å². The number of nitrogens with zero attached hydrogens (tertiary/aromatic N) is 4. The summed E-state index contributed by atoms with van der Waals surface area (Å²) in [4.78, 5) is 28.9. The van der Waals surface area contributed by atoms with E-state index >= 15 is 0 Å². The summed E-state index contributed by atoms with van der Waals surface area (Å²) in [6.07, 6.45) is 2.58. The van der Waals surface area contributed by atoms with Crippen LogP contribution >= 0.6 is 0 Å². The average molecular weight is 608 g/mol. The summed E-state index contributed by atoms with van der Waals surface area (Å²) in [5, 5.41) is 20.7. The summed E-state index contributed by atoms with van der Waals surface area (Å²) in [5.41, 5.74) is 4.46. The fourth-order valence-electron chi connectivity index (χ4n) is 5.67. The summed E-state index contributed by atoms with van der Waals surface area (Å²) in [5.74, 6) is 0.428. The second-order valence-corrected chi connectivity index (χ2v) is 11.8. The molecule has 3 heterocycles. The highest BCUT2D eigenvalue weighted by molar-refractivity contribution is 6.00. The minimum Gasteiger partial charge on any atom is -0.468 e. The monoisotopic (exact) mass is 607 g/mol. The topological polar surface area (TPSA) is 129 Å². The van der Waals surface area contributed by atoms with E-state index in [9.17, 15) is 14.0 Å². The molecule has 0 fully saturated rings. The number of halogens is 1. The number of fused-ring (bicyclic) bond motifs is 1. The second-order valence-electron chi connectivity index (χ2n) is 11.8. The lowest BCUT2D eigenvalue weighted by Crippen LogP contribution is -2.50. The van der Waals surface area contributed by atoms with E-state index in [-0.39, 0.29) is 30.6 Å². The van der Waals surface area contributed by atoms with Gasteiger partial charge in [-0.05, 0) is 84.5 Å². The normalized spacial score (nSPS) is 15.0. The Morgan fingerprint density at radius 1 is 1.07 bits per heavy atom. The smallest absolute Gasteiger partial charge is 0.249 e. The molecular weight excluding hydrogens is 573 g/mol. The molecule has 5 aromatic rings. The molecule has 0 unspecified atom stereocenters. The van der Waals surface area contributed by atoms with Crippen molar-refractivity contribution in [3.05, 3.63) is 108 Å². The lowest BCUT2D eigenvalue weighted by Gasteiger charge is -2.29. The second kappa shape index (κ2) is 12.8. The minimum atomic E-state index is -0.755. The number of aromatic amines is 1. The SMILES string of the molecule is CC(C)(CC(=O)N[C@@H]1CCc2cc(F)ccc2N(Cc2ccc(-c3ccccc3-c3nn[nH]n3)cc2)C1=O)NCc1ccco1. The van der Waals surface area contributed by atoms with E-state index in [1.807, 2.05) is 74.5 Å². The van der Waals surface area contributed by atoms with Gasteiger partial charge in [-0.25, -0.2) is 4.39 Å².